The lowest BCUT2D eigenvalue weighted by atomic mass is 10.1. The molecule has 0 aliphatic heterocycles. The average molecular weight is 291 g/mol. The maximum Gasteiger partial charge on any atom is 0.234 e. The van der Waals surface area contributed by atoms with Gasteiger partial charge in [0.2, 0.25) is 5.91 Å². The second-order valence-electron chi connectivity index (χ2n) is 4.17. The molecule has 19 heavy (non-hydrogen) atoms. The Labute approximate surface area is 122 Å². The summed E-state index contributed by atoms with van der Waals surface area (Å²) in [6, 6.07) is 12.2. The van der Waals surface area contributed by atoms with Crippen LogP contribution < -0.4 is 5.32 Å². The van der Waals surface area contributed by atoms with Crippen LogP contribution in [0.4, 0.5) is 5.69 Å². The van der Waals surface area contributed by atoms with Crippen molar-refractivity contribution < 1.29 is 4.79 Å². The minimum atomic E-state index is 0.0609. The number of nitrogens with one attached hydrogen (secondary N) is 1. The van der Waals surface area contributed by atoms with E-state index in [-0.39, 0.29) is 5.91 Å². The van der Waals surface area contributed by atoms with Gasteiger partial charge in [0.05, 0.1) is 5.75 Å². The van der Waals surface area contributed by atoms with Crippen molar-refractivity contribution in [2.24, 2.45) is 0 Å². The van der Waals surface area contributed by atoms with Crippen molar-refractivity contribution in [1.29, 1.82) is 0 Å². The third-order valence-corrected chi connectivity index (χ3v) is 4.74. The molecule has 0 fully saturated rings. The molecular weight excluding hydrogens is 274 g/mol. The van der Waals surface area contributed by atoms with E-state index < -0.39 is 0 Å². The van der Waals surface area contributed by atoms with Gasteiger partial charge in [-0.15, -0.1) is 23.1 Å². The molecule has 2 aromatic rings. The van der Waals surface area contributed by atoms with Gasteiger partial charge < -0.3 is 5.32 Å². The fourth-order valence-corrected chi connectivity index (χ4v) is 3.33. The summed E-state index contributed by atoms with van der Waals surface area (Å²) in [6.07, 6.45) is 1.02. The first-order valence-electron chi connectivity index (χ1n) is 6.27. The van der Waals surface area contributed by atoms with E-state index in [1.165, 1.54) is 10.4 Å². The number of hydrogen-bond donors (Lipinski definition) is 1. The quantitative estimate of drug-likeness (QED) is 0.865. The van der Waals surface area contributed by atoms with E-state index >= 15 is 0 Å². The smallest absolute Gasteiger partial charge is 0.234 e. The van der Waals surface area contributed by atoms with Crippen LogP contribution >= 0.6 is 23.1 Å². The Bertz CT molecular complexity index is 505. The number of carbonyl (C=O) groups is 1. The Balaban J connectivity index is 1.74. The Morgan fingerprint density at radius 3 is 2.68 bits per heavy atom. The van der Waals surface area contributed by atoms with Crippen molar-refractivity contribution in [3.8, 4) is 0 Å². The lowest BCUT2D eigenvalue weighted by molar-refractivity contribution is -0.113. The molecular formula is C15H17NOS2. The summed E-state index contributed by atoms with van der Waals surface area (Å²) < 4.78 is 0. The van der Waals surface area contributed by atoms with E-state index in [4.69, 9.17) is 0 Å². The normalized spacial score (nSPS) is 10.4. The van der Waals surface area contributed by atoms with Crippen molar-refractivity contribution in [3.63, 3.8) is 0 Å². The molecule has 0 spiro atoms. The lowest BCUT2D eigenvalue weighted by Gasteiger charge is -2.05. The predicted octanol–water partition coefficient (Wildman–Crippen LogP) is 4.18. The van der Waals surface area contributed by atoms with Gasteiger partial charge in [-0.3, -0.25) is 4.79 Å². The van der Waals surface area contributed by atoms with Crippen LogP contribution in [0.5, 0.6) is 0 Å². The fraction of sp³-hybridized carbons (Fsp3) is 0.267. The van der Waals surface area contributed by atoms with Gasteiger partial charge in [-0.25, -0.2) is 0 Å². The van der Waals surface area contributed by atoms with Crippen LogP contribution in [0, 0.1) is 0 Å². The van der Waals surface area contributed by atoms with Crippen LogP contribution in [0.3, 0.4) is 0 Å². The topological polar surface area (TPSA) is 29.1 Å². The van der Waals surface area contributed by atoms with Gasteiger partial charge in [0, 0.05) is 16.3 Å². The van der Waals surface area contributed by atoms with E-state index in [0.29, 0.717) is 5.75 Å². The maximum atomic E-state index is 11.8. The van der Waals surface area contributed by atoms with Crippen molar-refractivity contribution in [2.75, 3.05) is 11.1 Å². The van der Waals surface area contributed by atoms with Gasteiger partial charge in [0.15, 0.2) is 0 Å². The van der Waals surface area contributed by atoms with E-state index in [2.05, 4.69) is 35.8 Å². The number of carbonyl (C=O) groups excluding carboxylic acids is 1. The Morgan fingerprint density at radius 2 is 2.05 bits per heavy atom. The molecule has 0 bridgehead atoms. The highest BCUT2D eigenvalue weighted by molar-refractivity contribution is 7.99. The zero-order chi connectivity index (χ0) is 13.5. The number of rotatable bonds is 6. The highest BCUT2D eigenvalue weighted by atomic mass is 32.2. The molecule has 1 heterocycles. The Hall–Kier alpha value is -1.26. The summed E-state index contributed by atoms with van der Waals surface area (Å²) in [5, 5.41) is 4.98. The Kier molecular flexibility index (Phi) is 5.48. The summed E-state index contributed by atoms with van der Waals surface area (Å²) in [5.41, 5.74) is 2.16. The SMILES string of the molecule is CCc1ccc(NC(=O)CSCc2cccs2)cc1. The standard InChI is InChI=1S/C15H17NOS2/c1-2-12-5-7-13(8-6-12)16-15(17)11-18-10-14-4-3-9-19-14/h3-9H,2,10-11H2,1H3,(H,16,17). The van der Waals surface area contributed by atoms with E-state index in [1.54, 1.807) is 23.1 Å². The summed E-state index contributed by atoms with van der Waals surface area (Å²) in [6.45, 7) is 2.12. The third kappa shape index (κ3) is 4.73. The molecule has 1 aromatic carbocycles. The number of amides is 1. The molecule has 2 nitrogen and oxygen atoms in total. The number of anilines is 1. The molecule has 0 saturated heterocycles. The highest BCUT2D eigenvalue weighted by Crippen LogP contribution is 2.17. The van der Waals surface area contributed by atoms with Crippen molar-refractivity contribution >= 4 is 34.7 Å². The largest absolute Gasteiger partial charge is 0.325 e. The van der Waals surface area contributed by atoms with Crippen LogP contribution in [-0.2, 0) is 17.0 Å². The van der Waals surface area contributed by atoms with Crippen molar-refractivity contribution in [1.82, 2.24) is 0 Å². The molecule has 0 unspecified atom stereocenters. The van der Waals surface area contributed by atoms with Crippen molar-refractivity contribution in [3.05, 3.63) is 52.2 Å². The molecule has 1 aromatic heterocycles. The molecule has 2 rings (SSSR count). The first-order valence-corrected chi connectivity index (χ1v) is 8.30. The Morgan fingerprint density at radius 1 is 1.26 bits per heavy atom. The van der Waals surface area contributed by atoms with Gasteiger partial charge in [-0.1, -0.05) is 25.1 Å². The van der Waals surface area contributed by atoms with E-state index in [1.807, 2.05) is 18.2 Å². The fourth-order valence-electron chi connectivity index (χ4n) is 1.66. The summed E-state index contributed by atoms with van der Waals surface area (Å²) in [4.78, 5) is 13.1. The second-order valence-corrected chi connectivity index (χ2v) is 6.19. The highest BCUT2D eigenvalue weighted by Gasteiger charge is 2.03. The minimum absolute atomic E-state index is 0.0609. The number of benzene rings is 1. The maximum absolute atomic E-state index is 11.8. The van der Waals surface area contributed by atoms with Crippen LogP contribution in [0.25, 0.3) is 0 Å². The molecule has 0 aliphatic carbocycles. The number of aryl methyl sites for hydroxylation is 1. The molecule has 100 valence electrons. The van der Waals surface area contributed by atoms with E-state index in [0.717, 1.165) is 17.9 Å². The van der Waals surface area contributed by atoms with Crippen molar-refractivity contribution in [2.45, 2.75) is 19.1 Å². The number of thiophene rings is 1. The van der Waals surface area contributed by atoms with Crippen LogP contribution in [0.15, 0.2) is 41.8 Å². The zero-order valence-corrected chi connectivity index (χ0v) is 12.5. The predicted molar refractivity (Wildman–Crippen MR) is 84.9 cm³/mol. The first kappa shape index (κ1) is 14.2. The minimum Gasteiger partial charge on any atom is -0.325 e. The van der Waals surface area contributed by atoms with E-state index in [9.17, 15) is 4.79 Å². The third-order valence-electron chi connectivity index (χ3n) is 2.70. The van der Waals surface area contributed by atoms with Gasteiger partial charge in [-0.2, -0.15) is 0 Å². The summed E-state index contributed by atoms with van der Waals surface area (Å²) in [5.74, 6) is 1.46. The molecule has 0 radical (unpaired) electrons. The van der Waals surface area contributed by atoms with Gasteiger partial charge in [0.1, 0.15) is 0 Å². The van der Waals surface area contributed by atoms with Gasteiger partial charge >= 0.3 is 0 Å². The van der Waals surface area contributed by atoms with Crippen LogP contribution in [0.2, 0.25) is 0 Å². The second kappa shape index (κ2) is 7.36. The molecule has 1 amide bonds. The molecule has 0 saturated carbocycles. The monoisotopic (exact) mass is 291 g/mol. The van der Waals surface area contributed by atoms with Crippen LogP contribution in [-0.4, -0.2) is 11.7 Å². The molecule has 0 aliphatic rings. The molecule has 1 N–H and O–H groups in total. The number of hydrogen-bond acceptors (Lipinski definition) is 3. The summed E-state index contributed by atoms with van der Waals surface area (Å²) in [7, 11) is 0. The molecule has 0 atom stereocenters. The lowest BCUT2D eigenvalue weighted by Crippen LogP contribution is -2.14. The summed E-state index contributed by atoms with van der Waals surface area (Å²) >= 11 is 3.37. The average Bonchev–Trinajstić information content (AvgIpc) is 2.93. The molecule has 4 heteroatoms. The van der Waals surface area contributed by atoms with Gasteiger partial charge in [-0.05, 0) is 35.6 Å². The van der Waals surface area contributed by atoms with Crippen LogP contribution in [0.1, 0.15) is 17.4 Å². The first-order chi connectivity index (χ1) is 9.28. The van der Waals surface area contributed by atoms with Gasteiger partial charge in [0.25, 0.3) is 0 Å². The zero-order valence-electron chi connectivity index (χ0n) is 10.9. The number of thioether (sulfide) groups is 1.